The summed E-state index contributed by atoms with van der Waals surface area (Å²) >= 11 is 0. The lowest BCUT2D eigenvalue weighted by Gasteiger charge is -2.31. The number of hydrogen-bond donors (Lipinski definition) is 1. The number of likely N-dealkylation sites (tertiary alicyclic amines) is 1. The number of ether oxygens (including phenoxy) is 1. The van der Waals surface area contributed by atoms with Crippen molar-refractivity contribution in [2.75, 3.05) is 19.0 Å². The minimum Gasteiger partial charge on any atom is -0.481 e. The van der Waals surface area contributed by atoms with Gasteiger partial charge >= 0.3 is 0 Å². The molecule has 1 aliphatic carbocycles. The molecule has 2 amide bonds. The lowest BCUT2D eigenvalue weighted by Crippen LogP contribution is -2.38. The third-order valence-corrected chi connectivity index (χ3v) is 4.76. The van der Waals surface area contributed by atoms with Gasteiger partial charge in [0.1, 0.15) is 0 Å². The Balaban J connectivity index is 1.58. The number of pyridine rings is 1. The molecule has 6 heteroatoms. The van der Waals surface area contributed by atoms with Gasteiger partial charge in [0.2, 0.25) is 17.7 Å². The van der Waals surface area contributed by atoms with Crippen molar-refractivity contribution < 1.29 is 14.3 Å². The fraction of sp³-hybridized carbons (Fsp3) is 0.588. The van der Waals surface area contributed by atoms with E-state index >= 15 is 0 Å². The molecular formula is C17H23N3O3. The summed E-state index contributed by atoms with van der Waals surface area (Å²) in [6.07, 6.45) is 7.64. The maximum absolute atomic E-state index is 12.4. The Bertz CT molecular complexity index is 567. The van der Waals surface area contributed by atoms with Crippen LogP contribution in [0.25, 0.3) is 0 Å². The van der Waals surface area contributed by atoms with E-state index in [9.17, 15) is 9.59 Å². The number of amides is 2. The number of rotatable bonds is 4. The van der Waals surface area contributed by atoms with Crippen molar-refractivity contribution in [2.45, 2.75) is 44.6 Å². The number of nitrogens with one attached hydrogen (secondary N) is 1. The van der Waals surface area contributed by atoms with Crippen molar-refractivity contribution in [3.63, 3.8) is 0 Å². The minimum absolute atomic E-state index is 0.108. The molecule has 2 heterocycles. The average molecular weight is 317 g/mol. The molecule has 2 fully saturated rings. The van der Waals surface area contributed by atoms with E-state index in [0.717, 1.165) is 12.8 Å². The van der Waals surface area contributed by atoms with E-state index < -0.39 is 0 Å². The Kier molecular flexibility index (Phi) is 4.79. The number of hydrogen-bond acceptors (Lipinski definition) is 4. The predicted molar refractivity (Wildman–Crippen MR) is 86.1 cm³/mol. The molecular weight excluding hydrogens is 294 g/mol. The molecule has 1 aliphatic heterocycles. The van der Waals surface area contributed by atoms with E-state index in [1.165, 1.54) is 19.3 Å². The molecule has 124 valence electrons. The molecule has 1 atom stereocenters. The van der Waals surface area contributed by atoms with Gasteiger partial charge < -0.3 is 15.0 Å². The Morgan fingerprint density at radius 3 is 2.74 bits per heavy atom. The van der Waals surface area contributed by atoms with Crippen LogP contribution in [-0.2, 0) is 9.59 Å². The number of anilines is 1. The smallest absolute Gasteiger partial charge is 0.229 e. The molecule has 1 unspecified atom stereocenters. The van der Waals surface area contributed by atoms with Crippen LogP contribution in [0, 0.1) is 5.92 Å². The molecule has 0 bridgehead atoms. The minimum atomic E-state index is -0.272. The van der Waals surface area contributed by atoms with Gasteiger partial charge in [0.05, 0.1) is 24.9 Å². The summed E-state index contributed by atoms with van der Waals surface area (Å²) in [6, 6.07) is 3.78. The van der Waals surface area contributed by atoms with Crippen molar-refractivity contribution >= 4 is 17.5 Å². The summed E-state index contributed by atoms with van der Waals surface area (Å²) in [5.74, 6) is 0.238. The van der Waals surface area contributed by atoms with Crippen LogP contribution in [0.2, 0.25) is 0 Å². The second-order valence-corrected chi connectivity index (χ2v) is 6.32. The standard InChI is InChI=1S/C17H23N3O3/c1-23-15-8-7-13(10-18-15)19-17(22)12-9-16(21)20(11-12)14-5-3-2-4-6-14/h7-8,10,12,14H,2-6,9,11H2,1H3,(H,19,22). The summed E-state index contributed by atoms with van der Waals surface area (Å²) in [5, 5.41) is 2.84. The molecule has 0 aromatic carbocycles. The van der Waals surface area contributed by atoms with E-state index in [4.69, 9.17) is 4.74 Å². The molecule has 1 aromatic rings. The first-order valence-electron chi connectivity index (χ1n) is 8.28. The Labute approximate surface area is 136 Å². The van der Waals surface area contributed by atoms with E-state index in [0.29, 0.717) is 30.6 Å². The molecule has 1 N–H and O–H groups in total. The van der Waals surface area contributed by atoms with E-state index in [1.807, 2.05) is 4.90 Å². The summed E-state index contributed by atoms with van der Waals surface area (Å²) in [6.45, 7) is 0.541. The third-order valence-electron chi connectivity index (χ3n) is 4.76. The highest BCUT2D eigenvalue weighted by Gasteiger charge is 2.38. The summed E-state index contributed by atoms with van der Waals surface area (Å²) in [7, 11) is 1.55. The quantitative estimate of drug-likeness (QED) is 0.924. The Morgan fingerprint density at radius 1 is 1.30 bits per heavy atom. The number of nitrogens with zero attached hydrogens (tertiary/aromatic N) is 2. The van der Waals surface area contributed by atoms with Gasteiger partial charge in [-0.25, -0.2) is 4.98 Å². The molecule has 1 saturated heterocycles. The van der Waals surface area contributed by atoms with Crippen molar-refractivity contribution in [3.05, 3.63) is 18.3 Å². The van der Waals surface area contributed by atoms with E-state index in [-0.39, 0.29) is 17.7 Å². The molecule has 1 aromatic heterocycles. The van der Waals surface area contributed by atoms with Crippen LogP contribution in [0.1, 0.15) is 38.5 Å². The summed E-state index contributed by atoms with van der Waals surface area (Å²) < 4.78 is 4.99. The SMILES string of the molecule is COc1ccc(NC(=O)C2CC(=O)N(C3CCCCC3)C2)cn1. The van der Waals surface area contributed by atoms with Crippen molar-refractivity contribution in [1.82, 2.24) is 9.88 Å². The maximum atomic E-state index is 12.4. The predicted octanol–water partition coefficient (Wildman–Crippen LogP) is 2.21. The summed E-state index contributed by atoms with van der Waals surface area (Å²) in [4.78, 5) is 30.6. The summed E-state index contributed by atoms with van der Waals surface area (Å²) in [5.41, 5.74) is 0.624. The number of aromatic nitrogens is 1. The highest BCUT2D eigenvalue weighted by atomic mass is 16.5. The van der Waals surface area contributed by atoms with Gasteiger partial charge in [-0.3, -0.25) is 9.59 Å². The van der Waals surface area contributed by atoms with Gasteiger partial charge in [-0.15, -0.1) is 0 Å². The lowest BCUT2D eigenvalue weighted by molar-refractivity contribution is -0.130. The molecule has 1 saturated carbocycles. The topological polar surface area (TPSA) is 71.5 Å². The van der Waals surface area contributed by atoms with Crippen LogP contribution in [0.4, 0.5) is 5.69 Å². The first kappa shape index (κ1) is 15.8. The van der Waals surface area contributed by atoms with Crippen molar-refractivity contribution in [3.8, 4) is 5.88 Å². The van der Waals surface area contributed by atoms with E-state index in [2.05, 4.69) is 10.3 Å². The van der Waals surface area contributed by atoms with Gasteiger partial charge in [0, 0.05) is 25.1 Å². The van der Waals surface area contributed by atoms with Crippen molar-refractivity contribution in [2.24, 2.45) is 5.92 Å². The molecule has 0 spiro atoms. The Hall–Kier alpha value is -2.11. The first-order chi connectivity index (χ1) is 11.2. The molecule has 2 aliphatic rings. The third kappa shape index (κ3) is 3.63. The lowest BCUT2D eigenvalue weighted by atomic mass is 9.94. The molecule has 0 radical (unpaired) electrons. The number of methoxy groups -OCH3 is 1. The van der Waals surface area contributed by atoms with Gasteiger partial charge in [0.25, 0.3) is 0 Å². The Morgan fingerprint density at radius 2 is 2.09 bits per heavy atom. The first-order valence-corrected chi connectivity index (χ1v) is 8.28. The highest BCUT2D eigenvalue weighted by Crippen LogP contribution is 2.29. The largest absolute Gasteiger partial charge is 0.481 e. The van der Waals surface area contributed by atoms with Crippen LogP contribution < -0.4 is 10.1 Å². The van der Waals surface area contributed by atoms with Crippen LogP contribution in [0.3, 0.4) is 0 Å². The number of carbonyl (C=O) groups excluding carboxylic acids is 2. The highest BCUT2D eigenvalue weighted by molar-refractivity contribution is 5.97. The fourth-order valence-corrected chi connectivity index (χ4v) is 3.47. The molecule has 3 rings (SSSR count). The van der Waals surface area contributed by atoms with Crippen LogP contribution in [0.5, 0.6) is 5.88 Å². The molecule has 6 nitrogen and oxygen atoms in total. The monoisotopic (exact) mass is 317 g/mol. The molecule has 23 heavy (non-hydrogen) atoms. The normalized spacial score (nSPS) is 22.2. The van der Waals surface area contributed by atoms with Crippen LogP contribution in [-0.4, -0.2) is 41.4 Å². The van der Waals surface area contributed by atoms with Crippen LogP contribution >= 0.6 is 0 Å². The second-order valence-electron chi connectivity index (χ2n) is 6.32. The average Bonchev–Trinajstić information content (AvgIpc) is 2.98. The van der Waals surface area contributed by atoms with E-state index in [1.54, 1.807) is 25.4 Å². The zero-order valence-corrected chi connectivity index (χ0v) is 13.5. The fourth-order valence-electron chi connectivity index (χ4n) is 3.47. The zero-order valence-electron chi connectivity index (χ0n) is 13.5. The van der Waals surface area contributed by atoms with Gasteiger partial charge in [0.15, 0.2) is 0 Å². The maximum Gasteiger partial charge on any atom is 0.229 e. The van der Waals surface area contributed by atoms with Gasteiger partial charge in [-0.05, 0) is 18.9 Å². The zero-order chi connectivity index (χ0) is 16.2. The van der Waals surface area contributed by atoms with Gasteiger partial charge in [-0.2, -0.15) is 0 Å². The second kappa shape index (κ2) is 6.98. The van der Waals surface area contributed by atoms with Crippen molar-refractivity contribution in [1.29, 1.82) is 0 Å². The van der Waals surface area contributed by atoms with Crippen LogP contribution in [0.15, 0.2) is 18.3 Å². The number of carbonyl (C=O) groups is 2. The van der Waals surface area contributed by atoms with Gasteiger partial charge in [-0.1, -0.05) is 19.3 Å².